The monoisotopic (exact) mass is 237 g/mol. The summed E-state index contributed by atoms with van der Waals surface area (Å²) in [4.78, 5) is 12.3. The molecule has 0 saturated heterocycles. The Morgan fingerprint density at radius 2 is 1.71 bits per heavy atom. The fourth-order valence-electron chi connectivity index (χ4n) is 2.37. The first kappa shape index (κ1) is 12.4. The van der Waals surface area contributed by atoms with E-state index in [1.807, 2.05) is 25.3 Å². The molecular formula is C13H23N3O. The molecule has 0 fully saturated rings. The van der Waals surface area contributed by atoms with Crippen molar-refractivity contribution in [3.63, 3.8) is 0 Å². The van der Waals surface area contributed by atoms with Gasteiger partial charge in [-0.1, -0.05) is 19.3 Å². The molecule has 0 unspecified atom stereocenters. The Balaban J connectivity index is 2.39. The van der Waals surface area contributed by atoms with Crippen LogP contribution in [0.4, 0.5) is 0 Å². The van der Waals surface area contributed by atoms with Gasteiger partial charge in [-0.3, -0.25) is 4.57 Å². The molecule has 0 radical (unpaired) electrons. The Bertz CT molecular complexity index is 436. The molecule has 0 saturated carbocycles. The minimum Gasteiger partial charge on any atom is -0.279 e. The molecule has 2 rings (SSSR count). The van der Waals surface area contributed by atoms with Crippen LogP contribution in [0.25, 0.3) is 0 Å². The molecule has 0 aliphatic carbocycles. The number of hydrogen-bond donors (Lipinski definition) is 0. The second-order valence-corrected chi connectivity index (χ2v) is 5.95. The fraction of sp³-hybridized carbons (Fsp3) is 0.846. The molecule has 4 heteroatoms. The summed E-state index contributed by atoms with van der Waals surface area (Å²) in [5, 5.41) is 4.53. The van der Waals surface area contributed by atoms with Crippen molar-refractivity contribution in [1.29, 1.82) is 0 Å². The fourth-order valence-corrected chi connectivity index (χ4v) is 2.37. The molecule has 0 bridgehead atoms. The molecule has 0 aromatic carbocycles. The minimum atomic E-state index is -0.221. The molecule has 0 atom stereocenters. The van der Waals surface area contributed by atoms with Crippen LogP contribution >= 0.6 is 0 Å². The van der Waals surface area contributed by atoms with E-state index in [1.165, 1.54) is 19.3 Å². The molecule has 1 aromatic heterocycles. The van der Waals surface area contributed by atoms with E-state index in [4.69, 9.17) is 0 Å². The molecule has 0 spiro atoms. The standard InChI is InChI=1S/C13H23N3O/c1-13(2,3)16-12(17)15-10-8-6-4-5-7-9-11(15)14-16/h4-10H2,1-3H3. The molecular weight excluding hydrogens is 214 g/mol. The van der Waals surface area contributed by atoms with Gasteiger partial charge in [0, 0.05) is 13.0 Å². The van der Waals surface area contributed by atoms with Gasteiger partial charge in [0.1, 0.15) is 5.82 Å². The molecule has 96 valence electrons. The summed E-state index contributed by atoms with van der Waals surface area (Å²) in [7, 11) is 0. The van der Waals surface area contributed by atoms with Crippen molar-refractivity contribution in [2.24, 2.45) is 0 Å². The van der Waals surface area contributed by atoms with Crippen molar-refractivity contribution in [2.45, 2.75) is 71.4 Å². The second-order valence-electron chi connectivity index (χ2n) is 5.95. The van der Waals surface area contributed by atoms with Gasteiger partial charge in [0.2, 0.25) is 0 Å². The van der Waals surface area contributed by atoms with E-state index in [-0.39, 0.29) is 11.2 Å². The second kappa shape index (κ2) is 4.67. The van der Waals surface area contributed by atoms with Crippen LogP contribution in [0, 0.1) is 0 Å². The van der Waals surface area contributed by atoms with Gasteiger partial charge in [-0.05, 0) is 33.6 Å². The first-order valence-corrected chi connectivity index (χ1v) is 6.69. The molecule has 0 N–H and O–H groups in total. The van der Waals surface area contributed by atoms with Gasteiger partial charge in [0.25, 0.3) is 0 Å². The van der Waals surface area contributed by atoms with Gasteiger partial charge in [-0.15, -0.1) is 0 Å². The first-order chi connectivity index (χ1) is 8.00. The average Bonchev–Trinajstić information content (AvgIpc) is 2.59. The summed E-state index contributed by atoms with van der Waals surface area (Å²) in [5.41, 5.74) is -0.157. The Morgan fingerprint density at radius 3 is 2.41 bits per heavy atom. The summed E-state index contributed by atoms with van der Waals surface area (Å²) in [6.45, 7) is 6.92. The predicted octanol–water partition coefficient (Wildman–Crippen LogP) is 2.31. The summed E-state index contributed by atoms with van der Waals surface area (Å²) < 4.78 is 3.53. The Labute approximate surface area is 103 Å². The highest BCUT2D eigenvalue weighted by atomic mass is 16.2. The van der Waals surface area contributed by atoms with Gasteiger partial charge in [0.15, 0.2) is 0 Å². The van der Waals surface area contributed by atoms with Crippen molar-refractivity contribution in [2.75, 3.05) is 0 Å². The number of fused-ring (bicyclic) bond motifs is 1. The lowest BCUT2D eigenvalue weighted by molar-refractivity contribution is 0.338. The van der Waals surface area contributed by atoms with Crippen molar-refractivity contribution < 1.29 is 0 Å². The van der Waals surface area contributed by atoms with Gasteiger partial charge < -0.3 is 0 Å². The summed E-state index contributed by atoms with van der Waals surface area (Å²) in [6.07, 6.45) is 6.98. The third-order valence-corrected chi connectivity index (χ3v) is 3.36. The third kappa shape index (κ3) is 2.61. The highest BCUT2D eigenvalue weighted by Crippen LogP contribution is 2.14. The van der Waals surface area contributed by atoms with E-state index in [2.05, 4.69) is 5.10 Å². The Morgan fingerprint density at radius 1 is 1.06 bits per heavy atom. The molecule has 2 heterocycles. The predicted molar refractivity (Wildman–Crippen MR) is 68.3 cm³/mol. The zero-order chi connectivity index (χ0) is 12.5. The lowest BCUT2D eigenvalue weighted by Crippen LogP contribution is -2.35. The molecule has 0 amide bonds. The molecule has 1 aromatic rings. The highest BCUT2D eigenvalue weighted by molar-refractivity contribution is 4.91. The minimum absolute atomic E-state index is 0.0643. The zero-order valence-electron chi connectivity index (χ0n) is 11.2. The lowest BCUT2D eigenvalue weighted by atomic mass is 10.1. The number of rotatable bonds is 0. The van der Waals surface area contributed by atoms with E-state index < -0.39 is 0 Å². The van der Waals surface area contributed by atoms with E-state index >= 15 is 0 Å². The summed E-state index contributed by atoms with van der Waals surface area (Å²) >= 11 is 0. The maximum absolute atomic E-state index is 12.3. The van der Waals surface area contributed by atoms with Gasteiger partial charge in [0.05, 0.1) is 5.54 Å². The van der Waals surface area contributed by atoms with Crippen LogP contribution in [0.5, 0.6) is 0 Å². The summed E-state index contributed by atoms with van der Waals surface area (Å²) in [6, 6.07) is 0. The third-order valence-electron chi connectivity index (χ3n) is 3.36. The van der Waals surface area contributed by atoms with Gasteiger partial charge in [-0.25, -0.2) is 9.48 Å². The van der Waals surface area contributed by atoms with Crippen molar-refractivity contribution in [1.82, 2.24) is 14.3 Å². The largest absolute Gasteiger partial charge is 0.346 e. The van der Waals surface area contributed by atoms with Crippen LogP contribution < -0.4 is 5.69 Å². The van der Waals surface area contributed by atoms with E-state index in [0.29, 0.717) is 0 Å². The van der Waals surface area contributed by atoms with E-state index in [9.17, 15) is 4.79 Å². The zero-order valence-corrected chi connectivity index (χ0v) is 11.2. The average molecular weight is 237 g/mol. The number of aryl methyl sites for hydroxylation is 1. The maximum atomic E-state index is 12.3. The number of hydrogen-bond acceptors (Lipinski definition) is 2. The van der Waals surface area contributed by atoms with E-state index in [1.54, 1.807) is 4.68 Å². The number of aromatic nitrogens is 3. The molecule has 1 aliphatic heterocycles. The SMILES string of the molecule is CC(C)(C)n1nc2n(c1=O)CCCCCCC2. The van der Waals surface area contributed by atoms with Crippen LogP contribution in [0.1, 0.15) is 58.7 Å². The lowest BCUT2D eigenvalue weighted by Gasteiger charge is -2.17. The van der Waals surface area contributed by atoms with Crippen LogP contribution in [-0.4, -0.2) is 14.3 Å². The van der Waals surface area contributed by atoms with Crippen LogP contribution in [-0.2, 0) is 18.5 Å². The molecule has 4 nitrogen and oxygen atoms in total. The van der Waals surface area contributed by atoms with Crippen LogP contribution in [0.3, 0.4) is 0 Å². The normalized spacial score (nSPS) is 18.1. The maximum Gasteiger partial charge on any atom is 0.346 e. The van der Waals surface area contributed by atoms with Crippen molar-refractivity contribution in [3.8, 4) is 0 Å². The van der Waals surface area contributed by atoms with Crippen molar-refractivity contribution in [3.05, 3.63) is 16.3 Å². The van der Waals surface area contributed by atoms with Crippen LogP contribution in [0.2, 0.25) is 0 Å². The highest BCUT2D eigenvalue weighted by Gasteiger charge is 2.22. The Hall–Kier alpha value is -1.06. The summed E-state index contributed by atoms with van der Waals surface area (Å²) in [5.74, 6) is 0.979. The number of nitrogens with zero attached hydrogens (tertiary/aromatic N) is 3. The Kier molecular flexibility index (Phi) is 3.40. The van der Waals surface area contributed by atoms with E-state index in [0.717, 1.165) is 31.6 Å². The van der Waals surface area contributed by atoms with Gasteiger partial charge >= 0.3 is 5.69 Å². The van der Waals surface area contributed by atoms with Gasteiger partial charge in [-0.2, -0.15) is 5.10 Å². The molecule has 17 heavy (non-hydrogen) atoms. The van der Waals surface area contributed by atoms with Crippen molar-refractivity contribution >= 4 is 0 Å². The quantitative estimate of drug-likeness (QED) is 0.694. The topological polar surface area (TPSA) is 39.8 Å². The smallest absolute Gasteiger partial charge is 0.279 e. The molecule has 1 aliphatic rings. The first-order valence-electron chi connectivity index (χ1n) is 6.69. The van der Waals surface area contributed by atoms with Crippen LogP contribution in [0.15, 0.2) is 4.79 Å².